The maximum atomic E-state index is 11.6. The van der Waals surface area contributed by atoms with Gasteiger partial charge in [-0.3, -0.25) is 4.79 Å². The van der Waals surface area contributed by atoms with Crippen LogP contribution in [0, 0.1) is 13.8 Å². The number of aromatic nitrogens is 1. The summed E-state index contributed by atoms with van der Waals surface area (Å²) in [7, 11) is 0. The SMILES string of the molecule is CCN(CC)CCCn1cc(C)c(C(C)=O)c1C. The molecule has 18 heavy (non-hydrogen) atoms. The molecule has 0 saturated heterocycles. The van der Waals surface area contributed by atoms with E-state index in [0.29, 0.717) is 0 Å². The van der Waals surface area contributed by atoms with Gasteiger partial charge in [-0.25, -0.2) is 0 Å². The van der Waals surface area contributed by atoms with Gasteiger partial charge in [-0.15, -0.1) is 0 Å². The topological polar surface area (TPSA) is 25.2 Å². The van der Waals surface area contributed by atoms with Gasteiger partial charge in [-0.2, -0.15) is 0 Å². The first-order valence-electron chi connectivity index (χ1n) is 6.90. The minimum atomic E-state index is 0.174. The molecule has 0 amide bonds. The molecule has 1 aromatic heterocycles. The predicted molar refractivity (Wildman–Crippen MR) is 76.3 cm³/mol. The molecule has 0 radical (unpaired) electrons. The number of ketones is 1. The van der Waals surface area contributed by atoms with Crippen LogP contribution in [0.1, 0.15) is 48.8 Å². The summed E-state index contributed by atoms with van der Waals surface area (Å²) in [5.41, 5.74) is 3.11. The fourth-order valence-corrected chi connectivity index (χ4v) is 2.59. The van der Waals surface area contributed by atoms with Crippen molar-refractivity contribution in [2.75, 3.05) is 19.6 Å². The molecule has 0 saturated carbocycles. The van der Waals surface area contributed by atoms with E-state index in [0.717, 1.165) is 49.4 Å². The Morgan fingerprint density at radius 3 is 2.33 bits per heavy atom. The van der Waals surface area contributed by atoms with Crippen LogP contribution >= 0.6 is 0 Å². The molecular weight excluding hydrogens is 224 g/mol. The van der Waals surface area contributed by atoms with Gasteiger partial charge >= 0.3 is 0 Å². The first kappa shape index (κ1) is 15.0. The minimum absolute atomic E-state index is 0.174. The van der Waals surface area contributed by atoms with Crippen LogP contribution in [0.15, 0.2) is 6.20 Å². The monoisotopic (exact) mass is 250 g/mol. The number of aryl methyl sites for hydroxylation is 2. The molecule has 102 valence electrons. The number of carbonyl (C=O) groups excluding carboxylic acids is 1. The van der Waals surface area contributed by atoms with E-state index >= 15 is 0 Å². The molecule has 3 heteroatoms. The van der Waals surface area contributed by atoms with Crippen molar-refractivity contribution in [1.82, 2.24) is 9.47 Å². The molecule has 0 aliphatic rings. The standard InChI is InChI=1S/C15H26N2O/c1-6-16(7-2)9-8-10-17-11-12(3)15(13(17)4)14(5)18/h11H,6-10H2,1-5H3. The van der Waals surface area contributed by atoms with Crippen molar-refractivity contribution in [3.63, 3.8) is 0 Å². The second-order valence-corrected chi connectivity index (χ2v) is 4.90. The van der Waals surface area contributed by atoms with Gasteiger partial charge in [0.05, 0.1) is 0 Å². The van der Waals surface area contributed by atoms with Crippen LogP contribution in [-0.4, -0.2) is 34.9 Å². The zero-order chi connectivity index (χ0) is 13.7. The second kappa shape index (κ2) is 6.74. The molecule has 0 bridgehead atoms. The Bertz CT molecular complexity index is 403. The lowest BCUT2D eigenvalue weighted by molar-refractivity contribution is 0.101. The summed E-state index contributed by atoms with van der Waals surface area (Å²) >= 11 is 0. The van der Waals surface area contributed by atoms with E-state index < -0.39 is 0 Å². The molecule has 0 unspecified atom stereocenters. The van der Waals surface area contributed by atoms with E-state index in [1.807, 2.05) is 13.8 Å². The Balaban J connectivity index is 2.63. The normalized spacial score (nSPS) is 11.2. The average molecular weight is 250 g/mol. The molecule has 0 aliphatic heterocycles. The van der Waals surface area contributed by atoms with Gasteiger partial charge in [0.25, 0.3) is 0 Å². The smallest absolute Gasteiger partial charge is 0.161 e. The molecule has 0 spiro atoms. The molecule has 1 heterocycles. The molecule has 1 rings (SSSR count). The molecule has 1 aromatic rings. The van der Waals surface area contributed by atoms with E-state index in [1.165, 1.54) is 0 Å². The number of hydrogen-bond donors (Lipinski definition) is 0. The van der Waals surface area contributed by atoms with Crippen molar-refractivity contribution in [1.29, 1.82) is 0 Å². The first-order valence-corrected chi connectivity index (χ1v) is 6.90. The largest absolute Gasteiger partial charge is 0.351 e. The molecule has 0 aromatic carbocycles. The van der Waals surface area contributed by atoms with Gasteiger partial charge in [-0.05, 0) is 52.4 Å². The van der Waals surface area contributed by atoms with Gasteiger partial charge in [0.2, 0.25) is 0 Å². The summed E-state index contributed by atoms with van der Waals surface area (Å²) in [6, 6.07) is 0. The summed E-state index contributed by atoms with van der Waals surface area (Å²) in [6.45, 7) is 14.4. The molecule has 0 aliphatic carbocycles. The summed E-state index contributed by atoms with van der Waals surface area (Å²) in [4.78, 5) is 14.0. The van der Waals surface area contributed by atoms with Gasteiger partial charge in [0.1, 0.15) is 0 Å². The van der Waals surface area contributed by atoms with E-state index in [9.17, 15) is 4.79 Å². The minimum Gasteiger partial charge on any atom is -0.351 e. The van der Waals surface area contributed by atoms with Gasteiger partial charge in [-0.1, -0.05) is 13.8 Å². The Hall–Kier alpha value is -1.09. The lowest BCUT2D eigenvalue weighted by Gasteiger charge is -2.18. The third-order valence-electron chi connectivity index (χ3n) is 3.66. The maximum Gasteiger partial charge on any atom is 0.161 e. The summed E-state index contributed by atoms with van der Waals surface area (Å²) in [5, 5.41) is 0. The van der Waals surface area contributed by atoms with Crippen molar-refractivity contribution in [2.24, 2.45) is 0 Å². The van der Waals surface area contributed by atoms with Gasteiger partial charge in [0.15, 0.2) is 5.78 Å². The Morgan fingerprint density at radius 1 is 1.28 bits per heavy atom. The van der Waals surface area contributed by atoms with Crippen molar-refractivity contribution in [3.8, 4) is 0 Å². The Morgan fingerprint density at radius 2 is 1.89 bits per heavy atom. The molecular formula is C15H26N2O. The number of hydrogen-bond acceptors (Lipinski definition) is 2. The maximum absolute atomic E-state index is 11.6. The molecule has 0 N–H and O–H groups in total. The number of carbonyl (C=O) groups is 1. The third kappa shape index (κ3) is 3.45. The number of nitrogens with zero attached hydrogens (tertiary/aromatic N) is 2. The van der Waals surface area contributed by atoms with Crippen LogP contribution in [0.5, 0.6) is 0 Å². The van der Waals surface area contributed by atoms with Crippen LogP contribution in [0.25, 0.3) is 0 Å². The molecule has 0 fully saturated rings. The van der Waals surface area contributed by atoms with E-state index in [4.69, 9.17) is 0 Å². The fraction of sp³-hybridized carbons (Fsp3) is 0.667. The summed E-state index contributed by atoms with van der Waals surface area (Å²) in [6.07, 6.45) is 3.24. The Labute approximate surface area is 111 Å². The quantitative estimate of drug-likeness (QED) is 0.695. The average Bonchev–Trinajstić information content (AvgIpc) is 2.60. The molecule has 3 nitrogen and oxygen atoms in total. The highest BCUT2D eigenvalue weighted by atomic mass is 16.1. The first-order chi connectivity index (χ1) is 8.51. The zero-order valence-electron chi connectivity index (χ0n) is 12.4. The highest BCUT2D eigenvalue weighted by molar-refractivity contribution is 5.96. The van der Waals surface area contributed by atoms with Crippen LogP contribution < -0.4 is 0 Å². The van der Waals surface area contributed by atoms with Crippen molar-refractivity contribution >= 4 is 5.78 Å². The van der Waals surface area contributed by atoms with Crippen LogP contribution in [0.4, 0.5) is 0 Å². The van der Waals surface area contributed by atoms with Crippen LogP contribution in [0.3, 0.4) is 0 Å². The third-order valence-corrected chi connectivity index (χ3v) is 3.66. The van der Waals surface area contributed by atoms with Crippen molar-refractivity contribution in [2.45, 2.75) is 47.6 Å². The second-order valence-electron chi connectivity index (χ2n) is 4.90. The van der Waals surface area contributed by atoms with Gasteiger partial charge < -0.3 is 9.47 Å². The van der Waals surface area contributed by atoms with E-state index in [2.05, 4.69) is 29.5 Å². The van der Waals surface area contributed by atoms with E-state index in [1.54, 1.807) is 6.92 Å². The number of Topliss-reactive ketones (excluding diaryl/α,β-unsaturated/α-hetero) is 1. The van der Waals surface area contributed by atoms with Crippen molar-refractivity contribution in [3.05, 3.63) is 23.0 Å². The number of rotatable bonds is 7. The highest BCUT2D eigenvalue weighted by Crippen LogP contribution is 2.17. The van der Waals surface area contributed by atoms with Crippen LogP contribution in [0.2, 0.25) is 0 Å². The lowest BCUT2D eigenvalue weighted by Crippen LogP contribution is -2.24. The summed E-state index contributed by atoms with van der Waals surface area (Å²) in [5.74, 6) is 0.174. The summed E-state index contributed by atoms with van der Waals surface area (Å²) < 4.78 is 2.22. The lowest BCUT2D eigenvalue weighted by atomic mass is 10.1. The molecule has 0 atom stereocenters. The zero-order valence-corrected chi connectivity index (χ0v) is 12.4. The highest BCUT2D eigenvalue weighted by Gasteiger charge is 2.13. The van der Waals surface area contributed by atoms with E-state index in [-0.39, 0.29) is 5.78 Å². The predicted octanol–water partition coefficient (Wildman–Crippen LogP) is 3.04. The Kier molecular flexibility index (Phi) is 5.60. The van der Waals surface area contributed by atoms with Crippen LogP contribution in [-0.2, 0) is 6.54 Å². The van der Waals surface area contributed by atoms with Gasteiger partial charge in [0, 0.05) is 24.0 Å². The van der Waals surface area contributed by atoms with Crippen molar-refractivity contribution < 1.29 is 4.79 Å². The fourth-order valence-electron chi connectivity index (χ4n) is 2.59.